The Balaban J connectivity index is 1.69. The summed E-state index contributed by atoms with van der Waals surface area (Å²) in [4.78, 5) is 27.1. The van der Waals surface area contributed by atoms with Gasteiger partial charge >= 0.3 is 5.97 Å². The molecule has 0 aliphatic carbocycles. The Labute approximate surface area is 147 Å². The molecule has 2 fully saturated rings. The second kappa shape index (κ2) is 6.42. The number of Topliss-reactive ketones (excluding diaryl/α,β-unsaturated/α-hetero) is 1. The normalized spacial score (nSPS) is 24.6. The van der Waals surface area contributed by atoms with Gasteiger partial charge < -0.3 is 19.7 Å². The van der Waals surface area contributed by atoms with Crippen molar-refractivity contribution in [3.05, 3.63) is 29.3 Å². The Morgan fingerprint density at radius 2 is 2.20 bits per heavy atom. The van der Waals surface area contributed by atoms with Crippen LogP contribution in [0.2, 0.25) is 0 Å². The number of ether oxygens (including phenoxy) is 2. The topological polar surface area (TPSA) is 67.9 Å². The Hall–Kier alpha value is -1.92. The highest BCUT2D eigenvalue weighted by Gasteiger charge is 2.45. The van der Waals surface area contributed by atoms with Crippen LogP contribution in [0.3, 0.4) is 0 Å². The Kier molecular flexibility index (Phi) is 4.25. The fourth-order valence-electron chi connectivity index (χ4n) is 4.24. The van der Waals surface area contributed by atoms with Gasteiger partial charge in [-0.2, -0.15) is 0 Å². The first-order valence-corrected chi connectivity index (χ1v) is 9.04. The quantitative estimate of drug-likeness (QED) is 0.823. The fourth-order valence-corrected chi connectivity index (χ4v) is 4.24. The standard InChI is InChI=1S/C19H24N2O4/c1-2-25-18(23)13-3-4-14-15(9-13)21-12-19(5-7-24-8-6-19)11-20-10-16(21)17(14)22/h3-4,9,16,20H,2,5-8,10-12H2,1H3. The molecule has 3 heterocycles. The van der Waals surface area contributed by atoms with Crippen LogP contribution >= 0.6 is 0 Å². The van der Waals surface area contributed by atoms with Crippen LogP contribution in [0.1, 0.15) is 40.5 Å². The summed E-state index contributed by atoms with van der Waals surface area (Å²) in [5, 5.41) is 3.49. The van der Waals surface area contributed by atoms with Crippen molar-refractivity contribution < 1.29 is 19.1 Å². The third-order valence-corrected chi connectivity index (χ3v) is 5.66. The van der Waals surface area contributed by atoms with Gasteiger partial charge in [-0.15, -0.1) is 0 Å². The van der Waals surface area contributed by atoms with Crippen molar-refractivity contribution >= 4 is 17.4 Å². The molecule has 6 heteroatoms. The number of nitrogens with zero attached hydrogens (tertiary/aromatic N) is 1. The SMILES string of the molecule is CCOC(=O)c1ccc2c(c1)N1CC3(CCOCC3)CNCC1C2=O. The molecule has 3 aliphatic rings. The monoisotopic (exact) mass is 344 g/mol. The summed E-state index contributed by atoms with van der Waals surface area (Å²) in [5.41, 5.74) is 2.21. The van der Waals surface area contributed by atoms with Crippen LogP contribution in [0.25, 0.3) is 0 Å². The smallest absolute Gasteiger partial charge is 0.338 e. The van der Waals surface area contributed by atoms with E-state index in [2.05, 4.69) is 10.2 Å². The van der Waals surface area contributed by atoms with Gasteiger partial charge in [0.25, 0.3) is 0 Å². The molecule has 0 saturated carbocycles. The number of carbonyl (C=O) groups excluding carboxylic acids is 2. The minimum Gasteiger partial charge on any atom is -0.462 e. The van der Waals surface area contributed by atoms with Crippen LogP contribution < -0.4 is 10.2 Å². The molecular weight excluding hydrogens is 320 g/mol. The van der Waals surface area contributed by atoms with E-state index in [0.717, 1.165) is 44.8 Å². The zero-order chi connectivity index (χ0) is 17.4. The minimum atomic E-state index is -0.338. The second-order valence-corrected chi connectivity index (χ2v) is 7.20. The van der Waals surface area contributed by atoms with Gasteiger partial charge in [-0.1, -0.05) is 0 Å². The number of ketones is 1. The van der Waals surface area contributed by atoms with Gasteiger partial charge in [-0.25, -0.2) is 4.79 Å². The molecule has 1 unspecified atom stereocenters. The molecule has 0 amide bonds. The number of fused-ring (bicyclic) bond motifs is 3. The summed E-state index contributed by atoms with van der Waals surface area (Å²) in [6.07, 6.45) is 1.98. The zero-order valence-electron chi connectivity index (χ0n) is 14.5. The number of hydrogen-bond donors (Lipinski definition) is 1. The predicted molar refractivity (Wildman–Crippen MR) is 93.2 cm³/mol. The molecule has 1 aromatic carbocycles. The van der Waals surface area contributed by atoms with Gasteiger partial charge in [0.05, 0.1) is 12.2 Å². The average molecular weight is 344 g/mol. The van der Waals surface area contributed by atoms with Crippen molar-refractivity contribution in [3.8, 4) is 0 Å². The predicted octanol–water partition coefficient (Wildman–Crippen LogP) is 1.63. The van der Waals surface area contributed by atoms with E-state index in [1.165, 1.54) is 0 Å². The summed E-state index contributed by atoms with van der Waals surface area (Å²) in [7, 11) is 0. The molecule has 0 radical (unpaired) electrons. The van der Waals surface area contributed by atoms with E-state index in [1.54, 1.807) is 19.1 Å². The van der Waals surface area contributed by atoms with Crippen molar-refractivity contribution in [2.24, 2.45) is 5.41 Å². The lowest BCUT2D eigenvalue weighted by molar-refractivity contribution is 0.0209. The van der Waals surface area contributed by atoms with Crippen molar-refractivity contribution in [1.29, 1.82) is 0 Å². The van der Waals surface area contributed by atoms with Crippen molar-refractivity contribution in [3.63, 3.8) is 0 Å². The maximum atomic E-state index is 12.8. The third-order valence-electron chi connectivity index (χ3n) is 5.66. The molecule has 6 nitrogen and oxygen atoms in total. The number of rotatable bonds is 2. The first-order valence-electron chi connectivity index (χ1n) is 9.04. The highest BCUT2D eigenvalue weighted by molar-refractivity contribution is 6.12. The van der Waals surface area contributed by atoms with E-state index < -0.39 is 0 Å². The molecule has 1 N–H and O–H groups in total. The molecule has 25 heavy (non-hydrogen) atoms. The van der Waals surface area contributed by atoms with Crippen LogP contribution in [0, 0.1) is 5.41 Å². The molecule has 4 rings (SSSR count). The largest absolute Gasteiger partial charge is 0.462 e. The van der Waals surface area contributed by atoms with E-state index in [1.807, 2.05) is 6.07 Å². The van der Waals surface area contributed by atoms with Gasteiger partial charge in [0.15, 0.2) is 5.78 Å². The lowest BCUT2D eigenvalue weighted by Gasteiger charge is -2.39. The summed E-state index contributed by atoms with van der Waals surface area (Å²) >= 11 is 0. The van der Waals surface area contributed by atoms with Gasteiger partial charge in [0.1, 0.15) is 6.04 Å². The van der Waals surface area contributed by atoms with Gasteiger partial charge in [0.2, 0.25) is 0 Å². The average Bonchev–Trinajstić information content (AvgIpc) is 2.77. The number of carbonyl (C=O) groups is 2. The molecule has 1 aromatic rings. The molecule has 1 spiro atoms. The molecule has 2 saturated heterocycles. The van der Waals surface area contributed by atoms with Crippen LogP contribution in [-0.4, -0.2) is 57.2 Å². The highest BCUT2D eigenvalue weighted by Crippen LogP contribution is 2.40. The maximum Gasteiger partial charge on any atom is 0.338 e. The lowest BCUT2D eigenvalue weighted by Crippen LogP contribution is -2.45. The van der Waals surface area contributed by atoms with Crippen molar-refractivity contribution in [1.82, 2.24) is 5.32 Å². The zero-order valence-corrected chi connectivity index (χ0v) is 14.5. The molecule has 134 valence electrons. The van der Waals surface area contributed by atoms with Gasteiger partial charge in [0, 0.05) is 49.5 Å². The summed E-state index contributed by atoms with van der Waals surface area (Å²) in [6, 6.07) is 5.10. The molecule has 3 aliphatic heterocycles. The number of anilines is 1. The minimum absolute atomic E-state index is 0.120. The van der Waals surface area contributed by atoms with Crippen LogP contribution in [-0.2, 0) is 9.47 Å². The Morgan fingerprint density at radius 1 is 1.40 bits per heavy atom. The van der Waals surface area contributed by atoms with E-state index in [-0.39, 0.29) is 23.2 Å². The van der Waals surface area contributed by atoms with Gasteiger partial charge in [-0.3, -0.25) is 4.79 Å². The van der Waals surface area contributed by atoms with Crippen molar-refractivity contribution in [2.75, 3.05) is 44.4 Å². The highest BCUT2D eigenvalue weighted by atomic mass is 16.5. The summed E-state index contributed by atoms with van der Waals surface area (Å²) in [6.45, 7) is 6.04. The van der Waals surface area contributed by atoms with Crippen LogP contribution in [0.5, 0.6) is 0 Å². The van der Waals surface area contributed by atoms with Gasteiger partial charge in [-0.05, 0) is 38.0 Å². The fraction of sp³-hybridized carbons (Fsp3) is 0.579. The number of benzene rings is 1. The first-order chi connectivity index (χ1) is 12.1. The molecule has 0 aromatic heterocycles. The molecule has 1 atom stereocenters. The molecular formula is C19H24N2O4. The lowest BCUT2D eigenvalue weighted by atomic mass is 9.79. The Morgan fingerprint density at radius 3 is 2.96 bits per heavy atom. The third kappa shape index (κ3) is 2.83. The first kappa shape index (κ1) is 16.5. The van der Waals surface area contributed by atoms with Crippen LogP contribution in [0.4, 0.5) is 5.69 Å². The number of hydrogen-bond acceptors (Lipinski definition) is 6. The summed E-state index contributed by atoms with van der Waals surface area (Å²) in [5.74, 6) is -0.197. The van der Waals surface area contributed by atoms with E-state index >= 15 is 0 Å². The second-order valence-electron chi connectivity index (χ2n) is 7.20. The maximum absolute atomic E-state index is 12.8. The summed E-state index contributed by atoms with van der Waals surface area (Å²) < 4.78 is 10.7. The van der Waals surface area contributed by atoms with E-state index in [9.17, 15) is 9.59 Å². The van der Waals surface area contributed by atoms with E-state index in [0.29, 0.717) is 24.3 Å². The number of esters is 1. The number of nitrogens with one attached hydrogen (secondary N) is 1. The Bertz CT molecular complexity index is 697. The molecule has 0 bridgehead atoms. The van der Waals surface area contributed by atoms with Crippen molar-refractivity contribution in [2.45, 2.75) is 25.8 Å². The van der Waals surface area contributed by atoms with Crippen LogP contribution in [0.15, 0.2) is 18.2 Å². The van der Waals surface area contributed by atoms with E-state index in [4.69, 9.17) is 9.47 Å².